The first-order valence-electron chi connectivity index (χ1n) is 5.73. The fourth-order valence-electron chi connectivity index (χ4n) is 1.80. The molecular formula is C15H15IrN3. The van der Waals surface area contributed by atoms with Crippen molar-refractivity contribution < 1.29 is 20.1 Å². The topological polar surface area (TPSA) is 20.5 Å². The molecule has 1 heterocycles. The molecule has 1 radical (unpaired) electrons. The third kappa shape index (κ3) is 3.41. The molecule has 4 heteroatoms. The third-order valence-electron chi connectivity index (χ3n) is 2.89. The summed E-state index contributed by atoms with van der Waals surface area (Å²) in [4.78, 5) is 9.91. The van der Waals surface area contributed by atoms with Crippen LogP contribution in [0.1, 0.15) is 5.56 Å². The number of benzene rings is 1. The van der Waals surface area contributed by atoms with Crippen LogP contribution in [-0.2, 0) is 20.1 Å². The number of pyridine rings is 1. The number of aryl methyl sites for hydroxylation is 1. The van der Waals surface area contributed by atoms with Crippen LogP contribution in [0.3, 0.4) is 0 Å². The smallest absolute Gasteiger partial charge is 0.187 e. The zero-order valence-corrected chi connectivity index (χ0v) is 13.5. The molecule has 0 saturated heterocycles. The van der Waals surface area contributed by atoms with Crippen LogP contribution in [0.2, 0.25) is 0 Å². The summed E-state index contributed by atoms with van der Waals surface area (Å²) < 4.78 is 0. The van der Waals surface area contributed by atoms with Crippen LogP contribution in [0, 0.1) is 13.5 Å². The molecule has 0 aliphatic heterocycles. The van der Waals surface area contributed by atoms with Crippen molar-refractivity contribution >= 4 is 11.4 Å². The van der Waals surface area contributed by atoms with Gasteiger partial charge in [0, 0.05) is 46.1 Å². The fourth-order valence-corrected chi connectivity index (χ4v) is 1.80. The van der Waals surface area contributed by atoms with Crippen LogP contribution in [0.25, 0.3) is 16.1 Å². The quantitative estimate of drug-likeness (QED) is 0.679. The van der Waals surface area contributed by atoms with Crippen LogP contribution in [0.4, 0.5) is 11.4 Å². The van der Waals surface area contributed by atoms with Crippen LogP contribution in [0.5, 0.6) is 0 Å². The van der Waals surface area contributed by atoms with Gasteiger partial charge < -0.3 is 4.90 Å². The summed E-state index contributed by atoms with van der Waals surface area (Å²) in [6.45, 7) is 9.11. The van der Waals surface area contributed by atoms with E-state index in [-0.39, 0.29) is 20.1 Å². The molecule has 19 heavy (non-hydrogen) atoms. The van der Waals surface area contributed by atoms with Crippen molar-refractivity contribution in [3.8, 4) is 11.3 Å². The Balaban J connectivity index is 0.00000180. The standard InChI is InChI=1S/C15H15N3.Ir/c1-11-5-6-12(16-2)9-14(11)15-10-13(18(3)4)7-8-17-15;/h5-10H,1,3-4H3;. The number of aromatic nitrogens is 1. The van der Waals surface area contributed by atoms with Crippen molar-refractivity contribution in [1.82, 2.24) is 4.98 Å². The van der Waals surface area contributed by atoms with Gasteiger partial charge in [-0.2, -0.15) is 0 Å². The van der Waals surface area contributed by atoms with Crippen molar-refractivity contribution in [2.24, 2.45) is 0 Å². The molecule has 3 nitrogen and oxygen atoms in total. The van der Waals surface area contributed by atoms with E-state index in [9.17, 15) is 0 Å². The maximum atomic E-state index is 7.08. The van der Waals surface area contributed by atoms with Gasteiger partial charge in [0.1, 0.15) is 0 Å². The van der Waals surface area contributed by atoms with Crippen molar-refractivity contribution in [1.29, 1.82) is 0 Å². The molecule has 2 aromatic rings. The second-order valence-electron chi connectivity index (χ2n) is 4.40. The zero-order valence-electron chi connectivity index (χ0n) is 11.1. The van der Waals surface area contributed by atoms with E-state index in [1.807, 2.05) is 56.3 Å². The summed E-state index contributed by atoms with van der Waals surface area (Å²) in [5.41, 5.74) is 4.81. The van der Waals surface area contributed by atoms with Gasteiger partial charge in [0.25, 0.3) is 0 Å². The Kier molecular flexibility index (Phi) is 5.23. The molecule has 1 aromatic heterocycles. The minimum Gasteiger partial charge on any atom is -0.378 e. The number of rotatable bonds is 2. The Morgan fingerprint density at radius 1 is 1.16 bits per heavy atom. The zero-order chi connectivity index (χ0) is 13.1. The summed E-state index contributed by atoms with van der Waals surface area (Å²) in [5, 5.41) is 0. The predicted molar refractivity (Wildman–Crippen MR) is 75.0 cm³/mol. The summed E-state index contributed by atoms with van der Waals surface area (Å²) in [6.07, 6.45) is 1.80. The van der Waals surface area contributed by atoms with Crippen LogP contribution in [0.15, 0.2) is 36.5 Å². The minimum absolute atomic E-state index is 0. The first-order chi connectivity index (χ1) is 8.61. The molecule has 0 bridgehead atoms. The molecule has 0 spiro atoms. The molecule has 2 rings (SSSR count). The summed E-state index contributed by atoms with van der Waals surface area (Å²) in [7, 11) is 4.00. The SMILES string of the molecule is [C-]#[N+]c1ccc(C)c(-c2cc(N(C)C)ccn2)c1.[Ir]. The first kappa shape index (κ1) is 15.4. The van der Waals surface area contributed by atoms with Crippen molar-refractivity contribution in [3.63, 3.8) is 0 Å². The number of anilines is 1. The van der Waals surface area contributed by atoms with E-state index in [0.29, 0.717) is 5.69 Å². The second kappa shape index (κ2) is 6.47. The largest absolute Gasteiger partial charge is 0.378 e. The van der Waals surface area contributed by atoms with Gasteiger partial charge in [-0.15, -0.1) is 0 Å². The number of hydrogen-bond acceptors (Lipinski definition) is 2. The Hall–Kier alpha value is -1.69. The molecule has 1 aromatic carbocycles. The number of hydrogen-bond donors (Lipinski definition) is 0. The fraction of sp³-hybridized carbons (Fsp3) is 0.200. The van der Waals surface area contributed by atoms with Gasteiger partial charge in [-0.05, 0) is 36.2 Å². The van der Waals surface area contributed by atoms with Gasteiger partial charge in [0.2, 0.25) is 0 Å². The monoisotopic (exact) mass is 430 g/mol. The van der Waals surface area contributed by atoms with Gasteiger partial charge in [0.15, 0.2) is 5.69 Å². The van der Waals surface area contributed by atoms with Gasteiger partial charge >= 0.3 is 0 Å². The van der Waals surface area contributed by atoms with Gasteiger partial charge in [-0.1, -0.05) is 12.1 Å². The normalized spacial score (nSPS) is 9.37. The molecule has 0 amide bonds. The van der Waals surface area contributed by atoms with E-state index in [1.165, 1.54) is 0 Å². The van der Waals surface area contributed by atoms with E-state index in [0.717, 1.165) is 22.5 Å². The van der Waals surface area contributed by atoms with Crippen LogP contribution < -0.4 is 4.90 Å². The molecule has 0 unspecified atom stereocenters. The molecule has 0 atom stereocenters. The summed E-state index contributed by atoms with van der Waals surface area (Å²) in [5.74, 6) is 0. The van der Waals surface area contributed by atoms with E-state index < -0.39 is 0 Å². The second-order valence-corrected chi connectivity index (χ2v) is 4.40. The minimum atomic E-state index is 0. The van der Waals surface area contributed by atoms with Gasteiger partial charge in [0.05, 0.1) is 12.3 Å². The Labute approximate surface area is 127 Å². The van der Waals surface area contributed by atoms with Crippen molar-refractivity contribution in [2.75, 3.05) is 19.0 Å². The third-order valence-corrected chi connectivity index (χ3v) is 2.89. The average Bonchev–Trinajstić information content (AvgIpc) is 2.39. The molecule has 0 aliphatic rings. The number of nitrogens with zero attached hydrogens (tertiary/aromatic N) is 3. The van der Waals surface area contributed by atoms with Crippen molar-refractivity contribution in [3.05, 3.63) is 53.5 Å². The first-order valence-corrected chi connectivity index (χ1v) is 5.73. The van der Waals surface area contributed by atoms with Gasteiger partial charge in [-0.3, -0.25) is 4.98 Å². The molecule has 0 N–H and O–H groups in total. The maximum Gasteiger partial charge on any atom is 0.187 e. The summed E-state index contributed by atoms with van der Waals surface area (Å²) in [6, 6.07) is 9.70. The molecular weight excluding hydrogens is 414 g/mol. The predicted octanol–water partition coefficient (Wildman–Crippen LogP) is 3.67. The Bertz CT molecular complexity index is 615. The Morgan fingerprint density at radius 3 is 2.53 bits per heavy atom. The van der Waals surface area contributed by atoms with Crippen molar-refractivity contribution in [2.45, 2.75) is 6.92 Å². The Morgan fingerprint density at radius 2 is 1.89 bits per heavy atom. The van der Waals surface area contributed by atoms with E-state index in [4.69, 9.17) is 6.57 Å². The van der Waals surface area contributed by atoms with Gasteiger partial charge in [-0.25, -0.2) is 4.85 Å². The molecule has 99 valence electrons. The van der Waals surface area contributed by atoms with Crippen LogP contribution in [-0.4, -0.2) is 19.1 Å². The molecule has 0 saturated carbocycles. The van der Waals surface area contributed by atoms with E-state index >= 15 is 0 Å². The van der Waals surface area contributed by atoms with E-state index in [1.54, 1.807) is 6.20 Å². The van der Waals surface area contributed by atoms with Crippen LogP contribution >= 0.6 is 0 Å². The molecule has 0 fully saturated rings. The maximum absolute atomic E-state index is 7.08. The molecule has 0 aliphatic carbocycles. The average molecular weight is 430 g/mol. The van der Waals surface area contributed by atoms with E-state index in [2.05, 4.69) is 9.83 Å². The summed E-state index contributed by atoms with van der Waals surface area (Å²) >= 11 is 0.